The molecule has 5 saturated carbocycles. The molecule has 2 atom stereocenters. The van der Waals surface area contributed by atoms with E-state index in [1.165, 1.54) is 19.3 Å². The number of hydrogen-bond acceptors (Lipinski definition) is 4. The summed E-state index contributed by atoms with van der Waals surface area (Å²) in [6.07, 6.45) is 10.7. The van der Waals surface area contributed by atoms with Gasteiger partial charge in [-0.05, 0) is 63.2 Å². The molecule has 0 aliphatic heterocycles. The molecule has 0 heterocycles. The van der Waals surface area contributed by atoms with Crippen LogP contribution in [0.25, 0.3) is 0 Å². The molecule has 25 heavy (non-hydrogen) atoms. The summed E-state index contributed by atoms with van der Waals surface area (Å²) in [5.74, 6) is 0.549. The minimum Gasteiger partial charge on any atom is -0.455 e. The van der Waals surface area contributed by atoms with E-state index in [1.54, 1.807) is 4.90 Å². The molecule has 0 spiro atoms. The fourth-order valence-corrected chi connectivity index (χ4v) is 6.51. The number of hydrogen-bond donors (Lipinski definition) is 1. The van der Waals surface area contributed by atoms with Crippen molar-refractivity contribution in [1.82, 2.24) is 4.90 Å². The highest BCUT2D eigenvalue weighted by Gasteiger charge is 2.60. The van der Waals surface area contributed by atoms with E-state index in [0.29, 0.717) is 24.3 Å². The largest absolute Gasteiger partial charge is 0.455 e. The first-order valence-corrected chi connectivity index (χ1v) is 10.0. The number of aliphatic hydroxyl groups is 1. The zero-order chi connectivity index (χ0) is 17.7. The van der Waals surface area contributed by atoms with Crippen molar-refractivity contribution in [3.8, 4) is 0 Å². The van der Waals surface area contributed by atoms with Gasteiger partial charge >= 0.3 is 5.97 Å². The van der Waals surface area contributed by atoms with Crippen molar-refractivity contribution in [2.75, 3.05) is 13.7 Å². The lowest BCUT2D eigenvalue weighted by Crippen LogP contribution is -2.58. The molecule has 0 aromatic carbocycles. The lowest BCUT2D eigenvalue weighted by atomic mass is 9.48. The quantitative estimate of drug-likeness (QED) is 0.793. The van der Waals surface area contributed by atoms with Crippen LogP contribution in [-0.2, 0) is 14.3 Å². The fourth-order valence-electron chi connectivity index (χ4n) is 6.51. The van der Waals surface area contributed by atoms with Gasteiger partial charge in [-0.3, -0.25) is 9.59 Å². The van der Waals surface area contributed by atoms with Gasteiger partial charge in [0.25, 0.3) is 5.91 Å². The summed E-state index contributed by atoms with van der Waals surface area (Å²) in [7, 11) is 1.83. The average molecular weight is 349 g/mol. The number of amides is 1. The Balaban J connectivity index is 1.35. The second-order valence-corrected chi connectivity index (χ2v) is 9.34. The number of carbonyl (C=O) groups excluding carboxylic acids is 2. The number of rotatable bonds is 4. The molecule has 5 nitrogen and oxygen atoms in total. The number of ether oxygens (including phenoxy) is 1. The van der Waals surface area contributed by atoms with Crippen LogP contribution in [0.5, 0.6) is 0 Å². The SMILES string of the molecule is CN(C(=O)COC(=O)C12CC3CC(CC(O)(C3)C1)C2)C1CCCCC1. The molecule has 1 amide bonds. The highest BCUT2D eigenvalue weighted by Crippen LogP contribution is 2.61. The molecule has 5 fully saturated rings. The molecule has 1 N–H and O–H groups in total. The molecule has 0 aromatic rings. The second-order valence-electron chi connectivity index (χ2n) is 9.34. The predicted molar refractivity (Wildman–Crippen MR) is 92.7 cm³/mol. The van der Waals surface area contributed by atoms with Crippen LogP contribution >= 0.6 is 0 Å². The van der Waals surface area contributed by atoms with Crippen LogP contribution in [-0.4, -0.2) is 47.2 Å². The summed E-state index contributed by atoms with van der Waals surface area (Å²) >= 11 is 0. The van der Waals surface area contributed by atoms with Crippen LogP contribution < -0.4 is 0 Å². The number of esters is 1. The zero-order valence-electron chi connectivity index (χ0n) is 15.3. The summed E-state index contributed by atoms with van der Waals surface area (Å²) in [6.45, 7) is -0.151. The van der Waals surface area contributed by atoms with E-state index < -0.39 is 11.0 Å². The highest BCUT2D eigenvalue weighted by atomic mass is 16.5. The standard InChI is InChI=1S/C20H31NO4/c1-21(16-5-3-2-4-6-16)17(22)12-25-18(23)19-8-14-7-15(9-19)11-20(24,10-14)13-19/h14-16,24H,2-13H2,1H3. The number of carbonyl (C=O) groups is 2. The van der Waals surface area contributed by atoms with E-state index in [2.05, 4.69) is 0 Å². The zero-order valence-corrected chi connectivity index (χ0v) is 15.3. The van der Waals surface area contributed by atoms with Crippen LogP contribution in [0.15, 0.2) is 0 Å². The average Bonchev–Trinajstić information content (AvgIpc) is 2.57. The van der Waals surface area contributed by atoms with Crippen LogP contribution in [0, 0.1) is 17.3 Å². The minimum atomic E-state index is -0.675. The summed E-state index contributed by atoms with van der Waals surface area (Å²) in [4.78, 5) is 27.1. The van der Waals surface area contributed by atoms with Crippen molar-refractivity contribution in [3.63, 3.8) is 0 Å². The third kappa shape index (κ3) is 3.20. The molecule has 5 heteroatoms. The van der Waals surface area contributed by atoms with Gasteiger partial charge in [0.2, 0.25) is 0 Å². The van der Waals surface area contributed by atoms with E-state index in [4.69, 9.17) is 4.74 Å². The Morgan fingerprint density at radius 1 is 1.08 bits per heavy atom. The van der Waals surface area contributed by atoms with Crippen LogP contribution in [0.1, 0.15) is 70.6 Å². The van der Waals surface area contributed by atoms with Crippen molar-refractivity contribution in [1.29, 1.82) is 0 Å². The maximum Gasteiger partial charge on any atom is 0.312 e. The number of nitrogens with zero attached hydrogens (tertiary/aromatic N) is 1. The van der Waals surface area contributed by atoms with Gasteiger partial charge in [0.1, 0.15) is 0 Å². The smallest absolute Gasteiger partial charge is 0.312 e. The lowest BCUT2D eigenvalue weighted by Gasteiger charge is -2.58. The third-order valence-corrected chi connectivity index (χ3v) is 7.31. The van der Waals surface area contributed by atoms with Gasteiger partial charge in [-0.15, -0.1) is 0 Å². The molecule has 5 rings (SSSR count). The Morgan fingerprint density at radius 2 is 1.72 bits per heavy atom. The first kappa shape index (κ1) is 17.3. The highest BCUT2D eigenvalue weighted by molar-refractivity contribution is 5.83. The molecular formula is C20H31NO4. The first-order valence-electron chi connectivity index (χ1n) is 10.0. The summed E-state index contributed by atoms with van der Waals surface area (Å²) in [6, 6.07) is 0.292. The Hall–Kier alpha value is -1.10. The van der Waals surface area contributed by atoms with Gasteiger partial charge < -0.3 is 14.7 Å². The van der Waals surface area contributed by atoms with Gasteiger partial charge in [-0.25, -0.2) is 0 Å². The third-order valence-electron chi connectivity index (χ3n) is 7.31. The Labute approximate surface area is 150 Å². The summed E-state index contributed by atoms with van der Waals surface area (Å²) in [5.41, 5.74) is -1.21. The van der Waals surface area contributed by atoms with Crippen molar-refractivity contribution >= 4 is 11.9 Å². The minimum absolute atomic E-state index is 0.0938. The monoisotopic (exact) mass is 349 g/mol. The molecule has 5 aliphatic rings. The Bertz CT molecular complexity index is 540. The van der Waals surface area contributed by atoms with Crippen LogP contribution in [0.3, 0.4) is 0 Å². The van der Waals surface area contributed by atoms with E-state index in [1.807, 2.05) is 7.05 Å². The molecule has 4 bridgehead atoms. The van der Waals surface area contributed by atoms with Gasteiger partial charge in [0, 0.05) is 13.1 Å². The van der Waals surface area contributed by atoms with Crippen LogP contribution in [0.2, 0.25) is 0 Å². The normalized spacial score (nSPS) is 40.1. The van der Waals surface area contributed by atoms with E-state index in [9.17, 15) is 14.7 Å². The van der Waals surface area contributed by atoms with Crippen LogP contribution in [0.4, 0.5) is 0 Å². The molecule has 2 unspecified atom stereocenters. The molecule has 140 valence electrons. The van der Waals surface area contributed by atoms with E-state index >= 15 is 0 Å². The predicted octanol–water partition coefficient (Wildman–Crippen LogP) is 2.65. The van der Waals surface area contributed by atoms with E-state index in [0.717, 1.165) is 44.9 Å². The molecule has 0 aromatic heterocycles. The van der Waals surface area contributed by atoms with Crippen molar-refractivity contribution in [3.05, 3.63) is 0 Å². The topological polar surface area (TPSA) is 66.8 Å². The van der Waals surface area contributed by atoms with E-state index in [-0.39, 0.29) is 18.5 Å². The Morgan fingerprint density at radius 3 is 2.32 bits per heavy atom. The first-order chi connectivity index (χ1) is 11.9. The Kier molecular flexibility index (Phi) is 4.33. The van der Waals surface area contributed by atoms with Gasteiger partial charge in [-0.2, -0.15) is 0 Å². The van der Waals surface area contributed by atoms with Crippen molar-refractivity contribution < 1.29 is 19.4 Å². The van der Waals surface area contributed by atoms with Gasteiger partial charge in [0.15, 0.2) is 6.61 Å². The number of likely N-dealkylation sites (N-methyl/N-ethyl adjacent to an activating group) is 1. The molecule has 0 radical (unpaired) electrons. The maximum atomic E-state index is 12.8. The molecule has 5 aliphatic carbocycles. The van der Waals surface area contributed by atoms with Gasteiger partial charge in [-0.1, -0.05) is 19.3 Å². The maximum absolute atomic E-state index is 12.8. The van der Waals surface area contributed by atoms with Crippen molar-refractivity contribution in [2.45, 2.75) is 82.3 Å². The summed E-state index contributed by atoms with van der Waals surface area (Å²) in [5, 5.41) is 10.8. The fraction of sp³-hybridized carbons (Fsp3) is 0.900. The second kappa shape index (κ2) is 6.26. The summed E-state index contributed by atoms with van der Waals surface area (Å²) < 4.78 is 5.50. The molecule has 0 saturated heterocycles. The lowest BCUT2D eigenvalue weighted by molar-refractivity contribution is -0.197. The van der Waals surface area contributed by atoms with Crippen molar-refractivity contribution in [2.24, 2.45) is 17.3 Å². The molecular weight excluding hydrogens is 318 g/mol. The van der Waals surface area contributed by atoms with Gasteiger partial charge in [0.05, 0.1) is 11.0 Å².